The molecule has 1 heterocycles. The molecule has 2 aliphatic rings. The largest absolute Gasteiger partial charge is 0.268 e. The Balaban J connectivity index is 1.38. The van der Waals surface area contributed by atoms with Crippen LogP contribution in [0, 0.1) is 17.8 Å². The summed E-state index contributed by atoms with van der Waals surface area (Å²) in [7, 11) is -3.01. The second-order valence-corrected chi connectivity index (χ2v) is 13.3. The molecule has 0 spiro atoms. The summed E-state index contributed by atoms with van der Waals surface area (Å²) in [5, 5.41) is -0.312. The number of sulfone groups is 1. The predicted octanol–water partition coefficient (Wildman–Crippen LogP) is 5.86. The topological polar surface area (TPSA) is 71.5 Å². The SMILES string of the molecule is CCc1ccc(N2C(=O)c3ccc(CC[C@@H]4CC[C@@H](CS(=O)(=O)C(C)C)C(C)C4)cc3C2=O)cc1. The molecule has 0 N–H and O–H groups in total. The highest BCUT2D eigenvalue weighted by atomic mass is 32.2. The van der Waals surface area contributed by atoms with Crippen molar-refractivity contribution in [3.05, 3.63) is 64.7 Å². The van der Waals surface area contributed by atoms with Crippen LogP contribution >= 0.6 is 0 Å². The van der Waals surface area contributed by atoms with Crippen LogP contribution in [0.15, 0.2) is 42.5 Å². The van der Waals surface area contributed by atoms with Gasteiger partial charge in [0.2, 0.25) is 0 Å². The molecule has 188 valence electrons. The number of hydrogen-bond acceptors (Lipinski definition) is 4. The van der Waals surface area contributed by atoms with Crippen LogP contribution in [0.4, 0.5) is 5.69 Å². The van der Waals surface area contributed by atoms with Gasteiger partial charge in [-0.25, -0.2) is 13.3 Å². The number of imide groups is 1. The number of benzene rings is 2. The quantitative estimate of drug-likeness (QED) is 0.430. The first-order chi connectivity index (χ1) is 16.6. The fraction of sp³-hybridized carbons (Fsp3) is 0.517. The lowest BCUT2D eigenvalue weighted by atomic mass is 9.74. The molecule has 1 aliphatic heterocycles. The molecule has 35 heavy (non-hydrogen) atoms. The summed E-state index contributed by atoms with van der Waals surface area (Å²) in [4.78, 5) is 27.3. The predicted molar refractivity (Wildman–Crippen MR) is 141 cm³/mol. The highest BCUT2D eigenvalue weighted by Gasteiger charge is 2.37. The van der Waals surface area contributed by atoms with Crippen LogP contribution in [0.3, 0.4) is 0 Å². The van der Waals surface area contributed by atoms with Gasteiger partial charge < -0.3 is 0 Å². The summed E-state index contributed by atoms with van der Waals surface area (Å²) in [5.74, 6) is 0.994. The molecule has 2 amide bonds. The first kappa shape index (κ1) is 25.6. The highest BCUT2D eigenvalue weighted by Crippen LogP contribution is 2.37. The minimum absolute atomic E-state index is 0.250. The van der Waals surface area contributed by atoms with E-state index in [0.29, 0.717) is 34.4 Å². The lowest BCUT2D eigenvalue weighted by Gasteiger charge is -2.34. The molecule has 3 atom stereocenters. The third kappa shape index (κ3) is 5.37. The number of fused-ring (bicyclic) bond motifs is 1. The van der Waals surface area contributed by atoms with Gasteiger partial charge in [-0.15, -0.1) is 0 Å². The summed E-state index contributed by atoms with van der Waals surface area (Å²) in [5.41, 5.74) is 3.81. The molecule has 1 aliphatic carbocycles. The number of carbonyl (C=O) groups is 2. The Morgan fingerprint density at radius 2 is 1.60 bits per heavy atom. The molecule has 2 aromatic carbocycles. The molecule has 5 nitrogen and oxygen atoms in total. The lowest BCUT2D eigenvalue weighted by molar-refractivity contribution is 0.0926. The van der Waals surface area contributed by atoms with Gasteiger partial charge in [0.1, 0.15) is 0 Å². The van der Waals surface area contributed by atoms with Gasteiger partial charge in [-0.1, -0.05) is 38.5 Å². The fourth-order valence-electron chi connectivity index (χ4n) is 5.50. The summed E-state index contributed by atoms with van der Waals surface area (Å²) >= 11 is 0. The Labute approximate surface area is 209 Å². The zero-order valence-corrected chi connectivity index (χ0v) is 22.1. The van der Waals surface area contributed by atoms with E-state index in [0.717, 1.165) is 49.7 Å². The second-order valence-electron chi connectivity index (χ2n) is 10.7. The number of rotatable bonds is 8. The number of nitrogens with zero attached hydrogens (tertiary/aromatic N) is 1. The average Bonchev–Trinajstić information content (AvgIpc) is 3.08. The monoisotopic (exact) mass is 495 g/mol. The molecule has 1 saturated carbocycles. The van der Waals surface area contributed by atoms with Gasteiger partial charge in [-0.05, 0) is 99.1 Å². The normalized spacial score (nSPS) is 22.7. The van der Waals surface area contributed by atoms with E-state index in [-0.39, 0.29) is 23.0 Å². The second kappa shape index (κ2) is 10.3. The van der Waals surface area contributed by atoms with E-state index in [1.807, 2.05) is 36.4 Å². The van der Waals surface area contributed by atoms with Crippen molar-refractivity contribution in [2.75, 3.05) is 10.7 Å². The van der Waals surface area contributed by atoms with Gasteiger partial charge in [0, 0.05) is 0 Å². The van der Waals surface area contributed by atoms with Gasteiger partial charge in [0.25, 0.3) is 11.8 Å². The Morgan fingerprint density at radius 3 is 2.23 bits per heavy atom. The summed E-state index contributed by atoms with van der Waals surface area (Å²) in [6.07, 6.45) is 5.82. The highest BCUT2D eigenvalue weighted by molar-refractivity contribution is 7.91. The summed E-state index contributed by atoms with van der Waals surface area (Å²) in [6, 6.07) is 13.2. The van der Waals surface area contributed by atoms with Gasteiger partial charge in [0.15, 0.2) is 9.84 Å². The van der Waals surface area contributed by atoms with Crippen molar-refractivity contribution < 1.29 is 18.0 Å². The Morgan fingerprint density at radius 1 is 0.943 bits per heavy atom. The van der Waals surface area contributed by atoms with Crippen LogP contribution in [0.1, 0.15) is 85.2 Å². The fourth-order valence-corrected chi connectivity index (χ4v) is 6.98. The molecule has 1 fully saturated rings. The number of anilines is 1. The van der Waals surface area contributed by atoms with E-state index >= 15 is 0 Å². The standard InChI is InChI=1S/C29H37NO4S/c1-5-21-9-13-25(14-10-21)30-28(31)26-15-11-23(17-27(26)29(30)32)7-6-22-8-12-24(20(4)16-22)18-35(33,34)19(2)3/h9-11,13-15,17,19-20,22,24H,5-8,12,16,18H2,1-4H3/t20?,22-,24+/m1/s1. The molecule has 4 rings (SSSR count). The molecule has 0 aromatic heterocycles. The first-order valence-electron chi connectivity index (χ1n) is 12.9. The molecule has 0 radical (unpaired) electrons. The van der Waals surface area contributed by atoms with E-state index < -0.39 is 9.84 Å². The molecule has 0 saturated heterocycles. The van der Waals surface area contributed by atoms with E-state index in [4.69, 9.17) is 0 Å². The maximum absolute atomic E-state index is 13.1. The van der Waals surface area contributed by atoms with E-state index in [2.05, 4.69) is 13.8 Å². The maximum Gasteiger partial charge on any atom is 0.266 e. The van der Waals surface area contributed by atoms with Crippen LogP contribution in [0.25, 0.3) is 0 Å². The van der Waals surface area contributed by atoms with Gasteiger partial charge in [-0.2, -0.15) is 0 Å². The van der Waals surface area contributed by atoms with E-state index in [1.165, 1.54) is 4.90 Å². The number of hydrogen-bond donors (Lipinski definition) is 0. The van der Waals surface area contributed by atoms with Gasteiger partial charge in [-0.3, -0.25) is 9.59 Å². The molecular weight excluding hydrogens is 458 g/mol. The lowest BCUT2D eigenvalue weighted by Crippen LogP contribution is -2.31. The molecule has 6 heteroatoms. The number of amides is 2. The number of carbonyl (C=O) groups excluding carboxylic acids is 2. The van der Waals surface area contributed by atoms with Gasteiger partial charge in [0.05, 0.1) is 27.8 Å². The number of aryl methyl sites for hydroxylation is 2. The molecule has 1 unspecified atom stereocenters. The Kier molecular flexibility index (Phi) is 7.51. The Hall–Kier alpha value is -2.47. The average molecular weight is 496 g/mol. The van der Waals surface area contributed by atoms with Crippen molar-refractivity contribution >= 4 is 27.3 Å². The maximum atomic E-state index is 13.1. The van der Waals surface area contributed by atoms with Gasteiger partial charge >= 0.3 is 0 Å². The van der Waals surface area contributed by atoms with Crippen LogP contribution in [0.5, 0.6) is 0 Å². The minimum Gasteiger partial charge on any atom is -0.268 e. The van der Waals surface area contributed by atoms with Crippen molar-refractivity contribution in [2.45, 2.75) is 71.5 Å². The smallest absolute Gasteiger partial charge is 0.266 e. The van der Waals surface area contributed by atoms with Crippen molar-refractivity contribution in [2.24, 2.45) is 17.8 Å². The summed E-state index contributed by atoms with van der Waals surface area (Å²) in [6.45, 7) is 7.79. The van der Waals surface area contributed by atoms with Crippen molar-refractivity contribution in [1.29, 1.82) is 0 Å². The van der Waals surface area contributed by atoms with E-state index in [9.17, 15) is 18.0 Å². The molecular formula is C29H37NO4S. The van der Waals surface area contributed by atoms with Crippen molar-refractivity contribution in [3.63, 3.8) is 0 Å². The van der Waals surface area contributed by atoms with Crippen molar-refractivity contribution in [3.8, 4) is 0 Å². The summed E-state index contributed by atoms with van der Waals surface area (Å²) < 4.78 is 24.7. The van der Waals surface area contributed by atoms with Crippen LogP contribution in [-0.2, 0) is 22.7 Å². The van der Waals surface area contributed by atoms with Crippen LogP contribution in [0.2, 0.25) is 0 Å². The Bertz CT molecular complexity index is 1200. The van der Waals surface area contributed by atoms with Crippen molar-refractivity contribution in [1.82, 2.24) is 0 Å². The minimum atomic E-state index is -3.01. The van der Waals surface area contributed by atoms with Crippen LogP contribution in [-0.4, -0.2) is 31.2 Å². The van der Waals surface area contributed by atoms with Crippen LogP contribution < -0.4 is 4.90 Å². The molecule has 0 bridgehead atoms. The third-order valence-electron chi connectivity index (χ3n) is 8.02. The zero-order chi connectivity index (χ0) is 25.3. The third-order valence-corrected chi connectivity index (χ3v) is 10.3. The zero-order valence-electron chi connectivity index (χ0n) is 21.3. The first-order valence-corrected chi connectivity index (χ1v) is 14.6. The molecule has 2 aromatic rings. The van der Waals surface area contributed by atoms with E-state index in [1.54, 1.807) is 19.9 Å².